The van der Waals surface area contributed by atoms with Crippen LogP contribution in [0.1, 0.15) is 213 Å². The molecular formula is C38H74O4. The van der Waals surface area contributed by atoms with Crippen LogP contribution in [0.5, 0.6) is 0 Å². The van der Waals surface area contributed by atoms with E-state index < -0.39 is 0 Å². The van der Waals surface area contributed by atoms with E-state index in [1.165, 1.54) is 122 Å². The molecule has 4 nitrogen and oxygen atoms in total. The van der Waals surface area contributed by atoms with Gasteiger partial charge < -0.3 is 9.47 Å². The molecule has 1 unspecified atom stereocenters. The third kappa shape index (κ3) is 30.4. The normalized spacial score (nSPS) is 12.0. The highest BCUT2D eigenvalue weighted by Crippen LogP contribution is 2.21. The summed E-state index contributed by atoms with van der Waals surface area (Å²) in [6.07, 6.45) is 35.6. The first-order chi connectivity index (χ1) is 20.7. The Morgan fingerprint density at radius 1 is 0.405 bits per heavy atom. The summed E-state index contributed by atoms with van der Waals surface area (Å²) in [5.41, 5.74) is 0. The molecule has 0 N–H and O–H groups in total. The molecule has 0 aliphatic heterocycles. The Kier molecular flexibility index (Phi) is 33.6. The van der Waals surface area contributed by atoms with Gasteiger partial charge in [-0.1, -0.05) is 175 Å². The van der Waals surface area contributed by atoms with Gasteiger partial charge in [0.1, 0.15) is 0 Å². The highest BCUT2D eigenvalue weighted by molar-refractivity contribution is 5.72. The monoisotopic (exact) mass is 595 g/mol. The maximum atomic E-state index is 12.9. The molecule has 1 atom stereocenters. The quantitative estimate of drug-likeness (QED) is 0.0549. The molecule has 250 valence electrons. The van der Waals surface area contributed by atoms with Crippen molar-refractivity contribution in [3.8, 4) is 0 Å². The van der Waals surface area contributed by atoms with Gasteiger partial charge in [-0.3, -0.25) is 9.59 Å². The smallest absolute Gasteiger partial charge is 0.308 e. The minimum Gasteiger partial charge on any atom is -0.466 e. The van der Waals surface area contributed by atoms with Gasteiger partial charge in [0, 0.05) is 6.42 Å². The van der Waals surface area contributed by atoms with E-state index in [0.29, 0.717) is 19.6 Å². The fraction of sp³-hybridized carbons (Fsp3) is 0.947. The van der Waals surface area contributed by atoms with E-state index in [4.69, 9.17) is 9.47 Å². The number of ether oxygens (including phenoxy) is 2. The largest absolute Gasteiger partial charge is 0.466 e. The number of esters is 2. The molecule has 0 aromatic carbocycles. The Morgan fingerprint density at radius 2 is 0.738 bits per heavy atom. The number of hydrogen-bond donors (Lipinski definition) is 0. The van der Waals surface area contributed by atoms with Crippen molar-refractivity contribution in [2.24, 2.45) is 5.92 Å². The third-order valence-corrected chi connectivity index (χ3v) is 8.68. The van der Waals surface area contributed by atoms with Gasteiger partial charge in [-0.05, 0) is 32.1 Å². The van der Waals surface area contributed by atoms with Crippen LogP contribution in [0, 0.1) is 5.92 Å². The lowest BCUT2D eigenvalue weighted by Gasteiger charge is -2.16. The Labute approximate surface area is 263 Å². The van der Waals surface area contributed by atoms with Gasteiger partial charge in [0.2, 0.25) is 0 Å². The molecule has 0 bridgehead atoms. The third-order valence-electron chi connectivity index (χ3n) is 8.68. The highest BCUT2D eigenvalue weighted by atomic mass is 16.5. The Bertz CT molecular complexity index is 561. The number of hydrogen-bond acceptors (Lipinski definition) is 4. The van der Waals surface area contributed by atoms with Gasteiger partial charge in [0.15, 0.2) is 0 Å². The average molecular weight is 595 g/mol. The zero-order chi connectivity index (χ0) is 30.8. The second-order valence-electron chi connectivity index (χ2n) is 12.9. The van der Waals surface area contributed by atoms with Crippen molar-refractivity contribution in [3.05, 3.63) is 0 Å². The van der Waals surface area contributed by atoms with E-state index in [1.54, 1.807) is 0 Å². The maximum Gasteiger partial charge on any atom is 0.308 e. The lowest BCUT2D eigenvalue weighted by Crippen LogP contribution is -2.18. The first-order valence-electron chi connectivity index (χ1n) is 19.0. The predicted octanol–water partition coefficient (Wildman–Crippen LogP) is 12.5. The van der Waals surface area contributed by atoms with Crippen molar-refractivity contribution < 1.29 is 19.1 Å². The zero-order valence-corrected chi connectivity index (χ0v) is 28.8. The van der Waals surface area contributed by atoms with E-state index >= 15 is 0 Å². The van der Waals surface area contributed by atoms with Gasteiger partial charge >= 0.3 is 11.9 Å². The second kappa shape index (κ2) is 34.4. The Hall–Kier alpha value is -1.06. The fourth-order valence-corrected chi connectivity index (χ4v) is 5.76. The Balaban J connectivity index is 4.07. The lowest BCUT2D eigenvalue weighted by atomic mass is 9.94. The number of rotatable bonds is 34. The van der Waals surface area contributed by atoms with E-state index in [0.717, 1.165) is 64.2 Å². The molecule has 0 aliphatic carbocycles. The van der Waals surface area contributed by atoms with E-state index in [1.807, 2.05) is 0 Å². The fourth-order valence-electron chi connectivity index (χ4n) is 5.76. The number of carbonyl (C=O) groups is 2. The zero-order valence-electron chi connectivity index (χ0n) is 28.8. The SMILES string of the molecule is CCCCCCCCCCCCC(CCCCCCCC(=O)OCCCCCCCC)C(=O)OCCCCCCCC. The van der Waals surface area contributed by atoms with Crippen LogP contribution in [0.15, 0.2) is 0 Å². The van der Waals surface area contributed by atoms with Crippen molar-refractivity contribution in [2.75, 3.05) is 13.2 Å². The Morgan fingerprint density at radius 3 is 1.17 bits per heavy atom. The molecule has 0 rings (SSSR count). The molecule has 4 heteroatoms. The maximum absolute atomic E-state index is 12.9. The first-order valence-corrected chi connectivity index (χ1v) is 19.0. The molecular weight excluding hydrogens is 520 g/mol. The van der Waals surface area contributed by atoms with Gasteiger partial charge in [0.25, 0.3) is 0 Å². The van der Waals surface area contributed by atoms with E-state index in [-0.39, 0.29) is 17.9 Å². The molecule has 0 heterocycles. The highest BCUT2D eigenvalue weighted by Gasteiger charge is 2.19. The van der Waals surface area contributed by atoms with Crippen LogP contribution in [0.25, 0.3) is 0 Å². The van der Waals surface area contributed by atoms with E-state index in [9.17, 15) is 9.59 Å². The van der Waals surface area contributed by atoms with Crippen molar-refractivity contribution >= 4 is 11.9 Å². The molecule has 0 spiro atoms. The minimum atomic E-state index is -0.0341. The molecule has 0 aliphatic rings. The molecule has 0 aromatic rings. The van der Waals surface area contributed by atoms with Gasteiger partial charge in [-0.15, -0.1) is 0 Å². The average Bonchev–Trinajstić information content (AvgIpc) is 2.99. The summed E-state index contributed by atoms with van der Waals surface area (Å²) in [6, 6.07) is 0. The topological polar surface area (TPSA) is 52.6 Å². The molecule has 0 amide bonds. The second-order valence-corrected chi connectivity index (χ2v) is 12.9. The summed E-state index contributed by atoms with van der Waals surface area (Å²) in [5.74, 6) is 0.0805. The summed E-state index contributed by atoms with van der Waals surface area (Å²) in [5, 5.41) is 0. The van der Waals surface area contributed by atoms with Crippen LogP contribution in [0.2, 0.25) is 0 Å². The predicted molar refractivity (Wildman–Crippen MR) is 181 cm³/mol. The molecule has 42 heavy (non-hydrogen) atoms. The molecule has 0 fully saturated rings. The number of unbranched alkanes of at least 4 members (excludes halogenated alkanes) is 23. The first kappa shape index (κ1) is 40.9. The van der Waals surface area contributed by atoms with Crippen molar-refractivity contribution in [3.63, 3.8) is 0 Å². The number of carbonyl (C=O) groups excluding carboxylic acids is 2. The van der Waals surface area contributed by atoms with Crippen LogP contribution >= 0.6 is 0 Å². The molecule has 0 saturated carbocycles. The van der Waals surface area contributed by atoms with Gasteiger partial charge in [-0.2, -0.15) is 0 Å². The summed E-state index contributed by atoms with van der Waals surface area (Å²) in [6.45, 7) is 7.92. The summed E-state index contributed by atoms with van der Waals surface area (Å²) >= 11 is 0. The van der Waals surface area contributed by atoms with Crippen LogP contribution < -0.4 is 0 Å². The molecule has 0 radical (unpaired) electrons. The summed E-state index contributed by atoms with van der Waals surface area (Å²) in [7, 11) is 0. The minimum absolute atomic E-state index is 0.0341. The summed E-state index contributed by atoms with van der Waals surface area (Å²) < 4.78 is 11.1. The van der Waals surface area contributed by atoms with Crippen molar-refractivity contribution in [1.82, 2.24) is 0 Å². The van der Waals surface area contributed by atoms with Crippen LogP contribution in [-0.4, -0.2) is 25.2 Å². The summed E-state index contributed by atoms with van der Waals surface area (Å²) in [4.78, 5) is 24.9. The van der Waals surface area contributed by atoms with Crippen LogP contribution in [0.3, 0.4) is 0 Å². The van der Waals surface area contributed by atoms with E-state index in [2.05, 4.69) is 20.8 Å². The van der Waals surface area contributed by atoms with Crippen molar-refractivity contribution in [1.29, 1.82) is 0 Å². The van der Waals surface area contributed by atoms with Gasteiger partial charge in [0.05, 0.1) is 19.1 Å². The van der Waals surface area contributed by atoms with Crippen LogP contribution in [-0.2, 0) is 19.1 Å². The van der Waals surface area contributed by atoms with Crippen LogP contribution in [0.4, 0.5) is 0 Å². The standard InChI is InChI=1S/C38H74O4/c1-4-7-10-13-16-17-18-19-21-26-31-36(38(40)42-35-30-25-15-12-9-6-3)32-27-22-20-23-28-33-37(39)41-34-29-24-14-11-8-5-2/h36H,4-35H2,1-3H3. The lowest BCUT2D eigenvalue weighted by molar-refractivity contribution is -0.149. The molecule has 0 aromatic heterocycles. The van der Waals surface area contributed by atoms with Crippen molar-refractivity contribution in [2.45, 2.75) is 213 Å². The van der Waals surface area contributed by atoms with Gasteiger partial charge in [-0.25, -0.2) is 0 Å². The molecule has 0 saturated heterocycles.